The summed E-state index contributed by atoms with van der Waals surface area (Å²) in [4.78, 5) is 23.8. The largest absolute Gasteiger partial charge is 0.378 e. The van der Waals surface area contributed by atoms with Gasteiger partial charge in [0.15, 0.2) is 11.0 Å². The van der Waals surface area contributed by atoms with Gasteiger partial charge in [0.25, 0.3) is 5.91 Å². The van der Waals surface area contributed by atoms with Gasteiger partial charge in [-0.2, -0.15) is 5.10 Å². The van der Waals surface area contributed by atoms with Crippen molar-refractivity contribution < 1.29 is 13.9 Å². The molecule has 3 heterocycles. The molecule has 0 bridgehead atoms. The third-order valence-corrected chi connectivity index (χ3v) is 6.21. The molecule has 33 heavy (non-hydrogen) atoms. The number of morpholine rings is 1. The number of carbonyl (C=O) groups excluding carboxylic acids is 1. The highest BCUT2D eigenvalue weighted by atomic mass is 32.1. The second kappa shape index (κ2) is 9.65. The molecule has 1 aliphatic rings. The molecule has 0 atom stereocenters. The van der Waals surface area contributed by atoms with Gasteiger partial charge >= 0.3 is 0 Å². The maximum atomic E-state index is 14.8. The molecule has 0 saturated carbocycles. The number of fused-ring (bicyclic) bond motifs is 1. The Balaban J connectivity index is 1.57. The van der Waals surface area contributed by atoms with Gasteiger partial charge in [-0.05, 0) is 32.0 Å². The van der Waals surface area contributed by atoms with Gasteiger partial charge in [0.05, 0.1) is 29.0 Å². The number of hydrazone groups is 1. The van der Waals surface area contributed by atoms with E-state index in [2.05, 4.69) is 25.3 Å². The van der Waals surface area contributed by atoms with Gasteiger partial charge in [-0.3, -0.25) is 9.80 Å². The van der Waals surface area contributed by atoms with Crippen LogP contribution in [0.15, 0.2) is 35.4 Å². The first-order chi connectivity index (χ1) is 15.9. The molecule has 1 fully saturated rings. The number of hydrogen-bond donors (Lipinski definition) is 3. The Labute approximate surface area is 194 Å². The van der Waals surface area contributed by atoms with Crippen molar-refractivity contribution in [3.05, 3.63) is 47.4 Å². The molecule has 0 radical (unpaired) electrons. The summed E-state index contributed by atoms with van der Waals surface area (Å²) in [5.74, 6) is 10.7. The van der Waals surface area contributed by atoms with E-state index in [1.807, 2.05) is 13.8 Å². The van der Waals surface area contributed by atoms with Crippen molar-refractivity contribution in [2.45, 2.75) is 19.9 Å². The number of halogens is 1. The fourth-order valence-corrected chi connectivity index (χ4v) is 4.36. The zero-order valence-electron chi connectivity index (χ0n) is 18.3. The molecule has 1 aliphatic heterocycles. The van der Waals surface area contributed by atoms with Gasteiger partial charge < -0.3 is 20.8 Å². The van der Waals surface area contributed by atoms with Gasteiger partial charge in [0.2, 0.25) is 0 Å². The van der Waals surface area contributed by atoms with E-state index in [0.29, 0.717) is 24.4 Å². The van der Waals surface area contributed by atoms with E-state index >= 15 is 0 Å². The van der Waals surface area contributed by atoms with Gasteiger partial charge in [-0.1, -0.05) is 17.4 Å². The van der Waals surface area contributed by atoms with Crippen LogP contribution in [-0.4, -0.2) is 59.1 Å². The summed E-state index contributed by atoms with van der Waals surface area (Å²) in [6.07, 6.45) is 0. The van der Waals surface area contributed by atoms with Crippen LogP contribution in [0.4, 0.5) is 15.3 Å². The highest BCUT2D eigenvalue weighted by molar-refractivity contribution is 7.22. The Morgan fingerprint density at radius 2 is 2.06 bits per heavy atom. The molecule has 5 N–H and O–H groups in total. The highest BCUT2D eigenvalue weighted by Gasteiger charge is 2.20. The second-order valence-electron chi connectivity index (χ2n) is 7.71. The summed E-state index contributed by atoms with van der Waals surface area (Å²) in [7, 11) is 0. The summed E-state index contributed by atoms with van der Waals surface area (Å²) < 4.78 is 20.9. The van der Waals surface area contributed by atoms with Crippen LogP contribution in [0.2, 0.25) is 0 Å². The minimum absolute atomic E-state index is 0.0741. The lowest BCUT2D eigenvalue weighted by atomic mass is 10.2. The SMILES string of the molecule is CC(C)N(N)/C(=N\N)c1cccc(NC(=O)c2cc3sc(N4CCOCC4)nc3cc2F)n1. The first-order valence-corrected chi connectivity index (χ1v) is 11.2. The predicted molar refractivity (Wildman–Crippen MR) is 127 cm³/mol. The summed E-state index contributed by atoms with van der Waals surface area (Å²) in [5.41, 5.74) is 0.790. The minimum Gasteiger partial charge on any atom is -0.378 e. The molecule has 10 nitrogen and oxygen atoms in total. The number of ether oxygens (including phenoxy) is 1. The van der Waals surface area contributed by atoms with Crippen LogP contribution in [0.1, 0.15) is 29.9 Å². The van der Waals surface area contributed by atoms with Crippen LogP contribution in [0.3, 0.4) is 0 Å². The number of thiazole rings is 1. The number of aromatic nitrogens is 2. The summed E-state index contributed by atoms with van der Waals surface area (Å²) >= 11 is 1.41. The highest BCUT2D eigenvalue weighted by Crippen LogP contribution is 2.31. The summed E-state index contributed by atoms with van der Waals surface area (Å²) in [5, 5.41) is 8.50. The number of hydrazine groups is 1. The Morgan fingerprint density at radius 3 is 2.76 bits per heavy atom. The van der Waals surface area contributed by atoms with E-state index in [9.17, 15) is 9.18 Å². The van der Waals surface area contributed by atoms with E-state index in [1.54, 1.807) is 18.2 Å². The number of pyridine rings is 1. The van der Waals surface area contributed by atoms with E-state index in [0.717, 1.165) is 22.9 Å². The molecule has 1 amide bonds. The first-order valence-electron chi connectivity index (χ1n) is 10.4. The average molecular weight is 473 g/mol. The topological polar surface area (TPSA) is 135 Å². The van der Waals surface area contributed by atoms with Crippen molar-refractivity contribution in [1.29, 1.82) is 0 Å². The average Bonchev–Trinajstić information content (AvgIpc) is 3.22. The lowest BCUT2D eigenvalue weighted by Gasteiger charge is -2.25. The maximum Gasteiger partial charge on any atom is 0.259 e. The van der Waals surface area contributed by atoms with Gasteiger partial charge in [-0.25, -0.2) is 20.2 Å². The number of hydrogen-bond acceptors (Lipinski definition) is 9. The molecule has 2 aromatic heterocycles. The Hall–Kier alpha value is -3.35. The van der Waals surface area contributed by atoms with Crippen molar-refractivity contribution in [3.8, 4) is 0 Å². The summed E-state index contributed by atoms with van der Waals surface area (Å²) in [6, 6.07) is 7.65. The molecule has 4 rings (SSSR count). The molecule has 12 heteroatoms. The Morgan fingerprint density at radius 1 is 1.30 bits per heavy atom. The summed E-state index contributed by atoms with van der Waals surface area (Å²) in [6.45, 7) is 6.45. The smallest absolute Gasteiger partial charge is 0.259 e. The van der Waals surface area contributed by atoms with Gasteiger partial charge in [0, 0.05) is 25.2 Å². The molecule has 174 valence electrons. The standard InChI is InChI=1S/C21H25FN8O2S/c1-12(2)30(24)19(28-23)15-4-3-5-18(25-15)27-20(31)13-10-17-16(11-14(13)22)26-21(33-17)29-6-8-32-9-7-29/h3-5,10-12H,6-9,23-24H2,1-2H3,(H,25,27,31)/b28-19-. The fraction of sp³-hybridized carbons (Fsp3) is 0.333. The van der Waals surface area contributed by atoms with Crippen molar-refractivity contribution in [1.82, 2.24) is 15.0 Å². The van der Waals surface area contributed by atoms with Crippen molar-refractivity contribution >= 4 is 44.2 Å². The van der Waals surface area contributed by atoms with E-state index in [4.69, 9.17) is 16.4 Å². The van der Waals surface area contributed by atoms with Crippen LogP contribution >= 0.6 is 11.3 Å². The number of nitrogens with zero attached hydrogens (tertiary/aromatic N) is 5. The zero-order valence-corrected chi connectivity index (χ0v) is 19.1. The van der Waals surface area contributed by atoms with Gasteiger partial charge in [-0.15, -0.1) is 0 Å². The van der Waals surface area contributed by atoms with E-state index in [-0.39, 0.29) is 23.3 Å². The van der Waals surface area contributed by atoms with Crippen LogP contribution in [0, 0.1) is 5.82 Å². The van der Waals surface area contributed by atoms with Crippen LogP contribution in [0.25, 0.3) is 10.2 Å². The molecule has 1 saturated heterocycles. The number of nitrogens with one attached hydrogen (secondary N) is 1. The zero-order chi connectivity index (χ0) is 23.5. The predicted octanol–water partition coefficient (Wildman–Crippen LogP) is 2.12. The van der Waals surface area contributed by atoms with E-state index < -0.39 is 11.7 Å². The molecular weight excluding hydrogens is 447 g/mol. The van der Waals surface area contributed by atoms with Crippen molar-refractivity contribution in [2.75, 3.05) is 36.5 Å². The van der Waals surface area contributed by atoms with E-state index in [1.165, 1.54) is 28.5 Å². The Bertz CT molecular complexity index is 1190. The van der Waals surface area contributed by atoms with Crippen LogP contribution in [0.5, 0.6) is 0 Å². The minimum atomic E-state index is -0.660. The van der Waals surface area contributed by atoms with Crippen molar-refractivity contribution in [2.24, 2.45) is 16.8 Å². The Kier molecular flexibility index (Phi) is 6.67. The van der Waals surface area contributed by atoms with Crippen LogP contribution in [-0.2, 0) is 4.74 Å². The van der Waals surface area contributed by atoms with Gasteiger partial charge in [0.1, 0.15) is 17.3 Å². The molecule has 0 aliphatic carbocycles. The lowest BCUT2D eigenvalue weighted by molar-refractivity contribution is 0.102. The number of anilines is 2. The van der Waals surface area contributed by atoms with Crippen molar-refractivity contribution in [3.63, 3.8) is 0 Å². The quantitative estimate of drug-likeness (QED) is 0.222. The first kappa shape index (κ1) is 22.8. The third kappa shape index (κ3) is 4.87. The molecular formula is C21H25FN8O2S. The third-order valence-electron chi connectivity index (χ3n) is 5.14. The number of carbonyl (C=O) groups is 1. The molecule has 0 spiro atoms. The number of rotatable bonds is 5. The number of nitrogens with two attached hydrogens (primary N) is 2. The fourth-order valence-electron chi connectivity index (χ4n) is 3.32. The molecule has 1 aromatic carbocycles. The maximum absolute atomic E-state index is 14.8. The second-order valence-corrected chi connectivity index (χ2v) is 8.72. The number of amidine groups is 1. The molecule has 0 unspecified atom stereocenters. The lowest BCUT2D eigenvalue weighted by Crippen LogP contribution is -2.44. The number of amides is 1. The monoisotopic (exact) mass is 472 g/mol. The number of benzene rings is 1. The van der Waals surface area contributed by atoms with Crippen LogP contribution < -0.4 is 21.9 Å². The normalized spacial score (nSPS) is 14.7. The molecule has 3 aromatic rings.